The number of aromatic nitrogens is 1. The van der Waals surface area contributed by atoms with Crippen LogP contribution < -0.4 is 4.74 Å². The minimum Gasteiger partial charge on any atom is -0.478 e. The molecule has 0 amide bonds. The number of nitrogens with zero attached hydrogens (tertiary/aromatic N) is 1. The van der Waals surface area contributed by atoms with Gasteiger partial charge in [0, 0.05) is 24.6 Å². The van der Waals surface area contributed by atoms with Crippen molar-refractivity contribution < 1.29 is 13.9 Å². The minimum atomic E-state index is -0.0526. The molecule has 23 heavy (non-hydrogen) atoms. The molecular weight excluding hydrogens is 290 g/mol. The first-order chi connectivity index (χ1) is 11.2. The summed E-state index contributed by atoms with van der Waals surface area (Å²) in [4.78, 5) is 15.6. The van der Waals surface area contributed by atoms with E-state index in [2.05, 4.69) is 11.1 Å². The van der Waals surface area contributed by atoms with Gasteiger partial charge in [0.1, 0.15) is 5.58 Å². The van der Waals surface area contributed by atoms with Crippen LogP contribution in [0.1, 0.15) is 35.5 Å². The van der Waals surface area contributed by atoms with Gasteiger partial charge >= 0.3 is 0 Å². The summed E-state index contributed by atoms with van der Waals surface area (Å²) < 4.78 is 10.9. The summed E-state index contributed by atoms with van der Waals surface area (Å²) in [5.41, 5.74) is 3.10. The highest BCUT2D eigenvalue weighted by Crippen LogP contribution is 2.22. The first-order valence-electron chi connectivity index (χ1n) is 7.77. The van der Waals surface area contributed by atoms with Crippen molar-refractivity contribution in [1.29, 1.82) is 0 Å². The molecule has 0 aliphatic rings. The molecule has 118 valence electrons. The Morgan fingerprint density at radius 1 is 1.13 bits per heavy atom. The van der Waals surface area contributed by atoms with E-state index >= 15 is 0 Å². The summed E-state index contributed by atoms with van der Waals surface area (Å²) in [5, 5.41) is 0.960. The second-order valence-corrected chi connectivity index (χ2v) is 5.48. The summed E-state index contributed by atoms with van der Waals surface area (Å²) >= 11 is 0. The van der Waals surface area contributed by atoms with Crippen LogP contribution in [0.25, 0.3) is 11.0 Å². The standard InChI is InChI=1S/C19H19NO3/c1-3-22-19-9-7-15(12-20-19)5-4-14-6-8-16-11-17(13(2)21)23-18(16)10-14/h6-12H,3-5H2,1-2H3. The molecule has 4 heteroatoms. The summed E-state index contributed by atoms with van der Waals surface area (Å²) in [5.74, 6) is 1.01. The van der Waals surface area contributed by atoms with Crippen LogP contribution in [-0.2, 0) is 12.8 Å². The number of aryl methyl sites for hydroxylation is 2. The maximum absolute atomic E-state index is 11.4. The van der Waals surface area contributed by atoms with E-state index in [1.165, 1.54) is 12.5 Å². The van der Waals surface area contributed by atoms with Crippen molar-refractivity contribution >= 4 is 16.8 Å². The summed E-state index contributed by atoms with van der Waals surface area (Å²) in [7, 11) is 0. The molecule has 0 saturated carbocycles. The van der Waals surface area contributed by atoms with Gasteiger partial charge in [-0.25, -0.2) is 4.98 Å². The number of rotatable bonds is 6. The van der Waals surface area contributed by atoms with Crippen LogP contribution in [0.5, 0.6) is 5.88 Å². The molecule has 0 aliphatic heterocycles. The number of ketones is 1. The molecule has 2 heterocycles. The molecule has 0 bridgehead atoms. The molecule has 0 saturated heterocycles. The van der Waals surface area contributed by atoms with Crippen molar-refractivity contribution in [2.75, 3.05) is 6.61 Å². The first kappa shape index (κ1) is 15.3. The summed E-state index contributed by atoms with van der Waals surface area (Å²) in [6.07, 6.45) is 3.64. The van der Waals surface area contributed by atoms with Crippen LogP contribution in [0.15, 0.2) is 47.0 Å². The number of benzene rings is 1. The average molecular weight is 309 g/mol. The van der Waals surface area contributed by atoms with Crippen LogP contribution in [-0.4, -0.2) is 17.4 Å². The van der Waals surface area contributed by atoms with Crippen molar-refractivity contribution in [2.24, 2.45) is 0 Å². The molecule has 0 aliphatic carbocycles. The summed E-state index contributed by atoms with van der Waals surface area (Å²) in [6.45, 7) is 4.08. The molecule has 0 N–H and O–H groups in total. The maximum atomic E-state index is 11.4. The van der Waals surface area contributed by atoms with Crippen LogP contribution >= 0.6 is 0 Å². The van der Waals surface area contributed by atoms with Gasteiger partial charge in [0.25, 0.3) is 0 Å². The fourth-order valence-electron chi connectivity index (χ4n) is 2.49. The van der Waals surface area contributed by atoms with Gasteiger partial charge in [0.15, 0.2) is 11.5 Å². The lowest BCUT2D eigenvalue weighted by Crippen LogP contribution is -1.96. The Hall–Kier alpha value is -2.62. The van der Waals surface area contributed by atoms with E-state index in [0.29, 0.717) is 18.2 Å². The highest BCUT2D eigenvalue weighted by molar-refractivity contribution is 5.96. The van der Waals surface area contributed by atoms with E-state index in [1.54, 1.807) is 6.07 Å². The molecule has 2 aromatic heterocycles. The molecule has 4 nitrogen and oxygen atoms in total. The zero-order valence-electron chi connectivity index (χ0n) is 13.3. The largest absolute Gasteiger partial charge is 0.478 e. The highest BCUT2D eigenvalue weighted by atomic mass is 16.5. The molecule has 0 radical (unpaired) electrons. The van der Waals surface area contributed by atoms with Gasteiger partial charge < -0.3 is 9.15 Å². The third-order valence-corrected chi connectivity index (χ3v) is 3.72. The van der Waals surface area contributed by atoms with Crippen molar-refractivity contribution in [3.8, 4) is 5.88 Å². The second kappa shape index (κ2) is 6.65. The Balaban J connectivity index is 1.70. The Morgan fingerprint density at radius 2 is 1.91 bits per heavy atom. The minimum absolute atomic E-state index is 0.0526. The topological polar surface area (TPSA) is 52.3 Å². The summed E-state index contributed by atoms with van der Waals surface area (Å²) in [6, 6.07) is 11.8. The average Bonchev–Trinajstić information content (AvgIpc) is 2.98. The predicted octanol–water partition coefficient (Wildman–Crippen LogP) is 4.21. The van der Waals surface area contributed by atoms with Crippen molar-refractivity contribution in [2.45, 2.75) is 26.7 Å². The lowest BCUT2D eigenvalue weighted by molar-refractivity contribution is 0.0989. The SMILES string of the molecule is CCOc1ccc(CCc2ccc3cc(C(C)=O)oc3c2)cn1. The van der Waals surface area contributed by atoms with Crippen LogP contribution in [0.3, 0.4) is 0 Å². The van der Waals surface area contributed by atoms with Crippen LogP contribution in [0.4, 0.5) is 0 Å². The van der Waals surface area contributed by atoms with Gasteiger partial charge in [-0.05, 0) is 43.0 Å². The van der Waals surface area contributed by atoms with Gasteiger partial charge in [-0.1, -0.05) is 18.2 Å². The second-order valence-electron chi connectivity index (χ2n) is 5.48. The van der Waals surface area contributed by atoms with Crippen molar-refractivity contribution in [3.63, 3.8) is 0 Å². The Bertz CT molecular complexity index is 818. The number of carbonyl (C=O) groups excluding carboxylic acids is 1. The van der Waals surface area contributed by atoms with E-state index in [4.69, 9.17) is 9.15 Å². The Labute approximate surface area is 135 Å². The number of furan rings is 1. The van der Waals surface area contributed by atoms with E-state index in [-0.39, 0.29) is 5.78 Å². The van der Waals surface area contributed by atoms with Crippen molar-refractivity contribution in [3.05, 3.63) is 59.5 Å². The first-order valence-corrected chi connectivity index (χ1v) is 7.77. The van der Waals surface area contributed by atoms with Gasteiger partial charge in [0.2, 0.25) is 5.88 Å². The predicted molar refractivity (Wildman–Crippen MR) is 89.0 cm³/mol. The van der Waals surface area contributed by atoms with Gasteiger partial charge in [-0.3, -0.25) is 4.79 Å². The Morgan fingerprint density at radius 3 is 2.61 bits per heavy atom. The van der Waals surface area contributed by atoms with Gasteiger partial charge in [-0.2, -0.15) is 0 Å². The van der Waals surface area contributed by atoms with Crippen LogP contribution in [0.2, 0.25) is 0 Å². The lowest BCUT2D eigenvalue weighted by Gasteiger charge is -2.04. The smallest absolute Gasteiger partial charge is 0.213 e. The number of hydrogen-bond acceptors (Lipinski definition) is 4. The normalized spacial score (nSPS) is 10.9. The van der Waals surface area contributed by atoms with Crippen molar-refractivity contribution in [1.82, 2.24) is 4.98 Å². The molecule has 0 spiro atoms. The number of carbonyl (C=O) groups is 1. The molecule has 0 fully saturated rings. The van der Waals surface area contributed by atoms with E-state index < -0.39 is 0 Å². The quantitative estimate of drug-likeness (QED) is 0.640. The van der Waals surface area contributed by atoms with E-state index in [0.717, 1.165) is 29.4 Å². The van der Waals surface area contributed by atoms with E-state index in [1.807, 2.05) is 37.4 Å². The third kappa shape index (κ3) is 3.59. The number of ether oxygens (including phenoxy) is 1. The van der Waals surface area contributed by atoms with Gasteiger partial charge in [0.05, 0.1) is 6.61 Å². The maximum Gasteiger partial charge on any atom is 0.213 e. The highest BCUT2D eigenvalue weighted by Gasteiger charge is 2.08. The fraction of sp³-hybridized carbons (Fsp3) is 0.263. The lowest BCUT2D eigenvalue weighted by atomic mass is 10.0. The monoisotopic (exact) mass is 309 g/mol. The van der Waals surface area contributed by atoms with Crippen LogP contribution in [0, 0.1) is 0 Å². The Kier molecular flexibility index (Phi) is 4.42. The number of fused-ring (bicyclic) bond motifs is 1. The zero-order valence-corrected chi connectivity index (χ0v) is 13.3. The fourth-order valence-corrected chi connectivity index (χ4v) is 2.49. The molecule has 0 unspecified atom stereocenters. The molecular formula is C19H19NO3. The number of hydrogen-bond donors (Lipinski definition) is 0. The van der Waals surface area contributed by atoms with Gasteiger partial charge in [-0.15, -0.1) is 0 Å². The molecule has 0 atom stereocenters. The molecule has 1 aromatic carbocycles. The van der Waals surface area contributed by atoms with E-state index in [9.17, 15) is 4.79 Å². The third-order valence-electron chi connectivity index (χ3n) is 3.72. The zero-order chi connectivity index (χ0) is 16.2. The number of Topliss-reactive ketones (excluding diaryl/α,β-unsaturated/α-hetero) is 1. The molecule has 3 rings (SSSR count). The number of pyridine rings is 1. The molecule has 3 aromatic rings.